The first-order valence-electron chi connectivity index (χ1n) is 11.5. The van der Waals surface area contributed by atoms with E-state index in [-0.39, 0.29) is 25.4 Å². The standard InChI is InChI=1S/C27H32N2O5/c1-5-27(4,25(31)32)29-24(30)23(15-14-17(2)3)28-26(33)34-16-22-20-12-8-6-10-18(20)19-11-7-9-13-21(19)22/h6-14,22-23H,5,15-16H2,1-4H3,(H,28,33)(H,29,30)(H,31,32). The molecule has 7 nitrogen and oxygen atoms in total. The summed E-state index contributed by atoms with van der Waals surface area (Å²) in [6, 6.07) is 15.1. The Labute approximate surface area is 200 Å². The predicted octanol–water partition coefficient (Wildman–Crippen LogP) is 4.62. The first kappa shape index (κ1) is 25.0. The van der Waals surface area contributed by atoms with Crippen LogP contribution in [0.5, 0.6) is 0 Å². The van der Waals surface area contributed by atoms with E-state index in [4.69, 9.17) is 4.74 Å². The summed E-state index contributed by atoms with van der Waals surface area (Å²) in [5.74, 6) is -1.80. The van der Waals surface area contributed by atoms with E-state index in [1.165, 1.54) is 6.92 Å². The minimum absolute atomic E-state index is 0.0985. The van der Waals surface area contributed by atoms with Crippen molar-refractivity contribution < 1.29 is 24.2 Å². The number of hydrogen-bond donors (Lipinski definition) is 3. The third kappa shape index (κ3) is 5.47. The molecule has 0 radical (unpaired) electrons. The number of carboxylic acids is 1. The van der Waals surface area contributed by atoms with E-state index >= 15 is 0 Å². The number of carboxylic acid groups (broad SMARTS) is 1. The Morgan fingerprint density at radius 1 is 1.06 bits per heavy atom. The molecular weight excluding hydrogens is 432 g/mol. The quantitative estimate of drug-likeness (QED) is 0.470. The van der Waals surface area contributed by atoms with Gasteiger partial charge in [-0.3, -0.25) is 4.79 Å². The summed E-state index contributed by atoms with van der Waals surface area (Å²) in [5, 5.41) is 14.7. The molecule has 2 aromatic carbocycles. The summed E-state index contributed by atoms with van der Waals surface area (Å²) in [6.45, 7) is 7.01. The van der Waals surface area contributed by atoms with Gasteiger partial charge in [-0.05, 0) is 55.9 Å². The molecule has 2 unspecified atom stereocenters. The third-order valence-electron chi connectivity index (χ3n) is 6.29. The van der Waals surface area contributed by atoms with Crippen LogP contribution in [0.25, 0.3) is 11.1 Å². The Morgan fingerprint density at radius 3 is 2.12 bits per heavy atom. The van der Waals surface area contributed by atoms with Crippen LogP contribution < -0.4 is 10.6 Å². The summed E-state index contributed by atoms with van der Waals surface area (Å²) in [5.41, 5.74) is 3.99. The van der Waals surface area contributed by atoms with Gasteiger partial charge in [-0.2, -0.15) is 0 Å². The van der Waals surface area contributed by atoms with Gasteiger partial charge in [0.05, 0.1) is 0 Å². The van der Waals surface area contributed by atoms with E-state index in [1.54, 1.807) is 6.92 Å². The minimum Gasteiger partial charge on any atom is -0.480 e. The molecule has 0 saturated carbocycles. The molecule has 1 aliphatic carbocycles. The first-order chi connectivity index (χ1) is 16.2. The number of ether oxygens (including phenoxy) is 1. The smallest absolute Gasteiger partial charge is 0.407 e. The van der Waals surface area contributed by atoms with Crippen LogP contribution >= 0.6 is 0 Å². The second-order valence-electron chi connectivity index (χ2n) is 9.02. The largest absolute Gasteiger partial charge is 0.480 e. The van der Waals surface area contributed by atoms with Crippen LogP contribution in [0, 0.1) is 0 Å². The van der Waals surface area contributed by atoms with Gasteiger partial charge in [0.15, 0.2) is 0 Å². The molecular formula is C27H32N2O5. The van der Waals surface area contributed by atoms with Crippen molar-refractivity contribution in [1.29, 1.82) is 0 Å². The highest BCUT2D eigenvalue weighted by Crippen LogP contribution is 2.44. The molecule has 0 heterocycles. The number of fused-ring (bicyclic) bond motifs is 3. The fourth-order valence-corrected chi connectivity index (χ4v) is 4.02. The van der Waals surface area contributed by atoms with Crippen molar-refractivity contribution in [1.82, 2.24) is 10.6 Å². The maximum Gasteiger partial charge on any atom is 0.407 e. The monoisotopic (exact) mass is 464 g/mol. The van der Waals surface area contributed by atoms with E-state index in [0.29, 0.717) is 0 Å². The Kier molecular flexibility index (Phi) is 7.76. The lowest BCUT2D eigenvalue weighted by Crippen LogP contribution is -2.57. The number of allylic oxidation sites excluding steroid dienone is 1. The van der Waals surface area contributed by atoms with Crippen molar-refractivity contribution >= 4 is 18.0 Å². The average molecular weight is 465 g/mol. The molecule has 0 fully saturated rings. The molecule has 2 aromatic rings. The molecule has 2 amide bonds. The van der Waals surface area contributed by atoms with Gasteiger partial charge in [-0.1, -0.05) is 67.1 Å². The van der Waals surface area contributed by atoms with E-state index < -0.39 is 29.6 Å². The summed E-state index contributed by atoms with van der Waals surface area (Å²) < 4.78 is 5.56. The maximum atomic E-state index is 12.9. The van der Waals surface area contributed by atoms with E-state index in [1.807, 2.05) is 56.3 Å². The highest BCUT2D eigenvalue weighted by atomic mass is 16.5. The van der Waals surface area contributed by atoms with Gasteiger partial charge in [-0.25, -0.2) is 9.59 Å². The van der Waals surface area contributed by atoms with Gasteiger partial charge in [0.2, 0.25) is 5.91 Å². The molecule has 0 bridgehead atoms. The minimum atomic E-state index is -1.43. The van der Waals surface area contributed by atoms with Crippen LogP contribution in [-0.4, -0.2) is 41.3 Å². The topological polar surface area (TPSA) is 105 Å². The first-order valence-corrected chi connectivity index (χ1v) is 11.5. The number of alkyl carbamates (subject to hydrolysis) is 1. The van der Waals surface area contributed by atoms with Gasteiger partial charge >= 0.3 is 12.1 Å². The molecule has 0 aromatic heterocycles. The molecule has 0 saturated heterocycles. The Hall–Kier alpha value is -3.61. The predicted molar refractivity (Wildman–Crippen MR) is 131 cm³/mol. The van der Waals surface area contributed by atoms with Gasteiger partial charge < -0.3 is 20.5 Å². The number of carbonyl (C=O) groups is 3. The van der Waals surface area contributed by atoms with Crippen LogP contribution in [0.2, 0.25) is 0 Å². The van der Waals surface area contributed by atoms with E-state index in [0.717, 1.165) is 27.8 Å². The molecule has 34 heavy (non-hydrogen) atoms. The van der Waals surface area contributed by atoms with Crippen molar-refractivity contribution in [2.24, 2.45) is 0 Å². The molecule has 3 N–H and O–H groups in total. The summed E-state index contributed by atoms with van der Waals surface area (Å²) in [7, 11) is 0. The summed E-state index contributed by atoms with van der Waals surface area (Å²) >= 11 is 0. The van der Waals surface area contributed by atoms with Gasteiger partial charge in [0, 0.05) is 5.92 Å². The fourth-order valence-electron chi connectivity index (χ4n) is 4.02. The Morgan fingerprint density at radius 2 is 1.62 bits per heavy atom. The zero-order chi connectivity index (χ0) is 24.9. The van der Waals surface area contributed by atoms with Crippen molar-refractivity contribution in [3.63, 3.8) is 0 Å². The summed E-state index contributed by atoms with van der Waals surface area (Å²) in [6.07, 6.45) is 1.52. The van der Waals surface area contributed by atoms with Crippen LogP contribution in [0.15, 0.2) is 60.2 Å². The number of amides is 2. The lowest BCUT2D eigenvalue weighted by atomic mass is 9.98. The average Bonchev–Trinajstić information content (AvgIpc) is 3.13. The molecule has 2 atom stereocenters. The molecule has 3 rings (SSSR count). The number of rotatable bonds is 9. The van der Waals surface area contributed by atoms with Crippen molar-refractivity contribution in [2.45, 2.75) is 58.0 Å². The van der Waals surface area contributed by atoms with E-state index in [2.05, 4.69) is 22.8 Å². The second-order valence-corrected chi connectivity index (χ2v) is 9.02. The third-order valence-corrected chi connectivity index (χ3v) is 6.29. The maximum absolute atomic E-state index is 12.9. The molecule has 0 spiro atoms. The Balaban J connectivity index is 1.71. The van der Waals surface area contributed by atoms with Gasteiger partial charge in [0.25, 0.3) is 0 Å². The highest BCUT2D eigenvalue weighted by Gasteiger charge is 2.35. The second kappa shape index (κ2) is 10.5. The van der Waals surface area contributed by atoms with Gasteiger partial charge in [0.1, 0.15) is 18.2 Å². The normalized spacial score (nSPS) is 14.7. The van der Waals surface area contributed by atoms with Crippen LogP contribution in [0.4, 0.5) is 4.79 Å². The number of carbonyl (C=O) groups excluding carboxylic acids is 2. The van der Waals surface area contributed by atoms with Crippen LogP contribution in [0.3, 0.4) is 0 Å². The van der Waals surface area contributed by atoms with E-state index in [9.17, 15) is 19.5 Å². The fraction of sp³-hybridized carbons (Fsp3) is 0.370. The molecule has 1 aliphatic rings. The lowest BCUT2D eigenvalue weighted by Gasteiger charge is -2.27. The number of benzene rings is 2. The van der Waals surface area contributed by atoms with Crippen LogP contribution in [-0.2, 0) is 14.3 Å². The lowest BCUT2D eigenvalue weighted by molar-refractivity contribution is -0.147. The van der Waals surface area contributed by atoms with Gasteiger partial charge in [-0.15, -0.1) is 0 Å². The molecule has 180 valence electrons. The van der Waals surface area contributed by atoms with Crippen molar-refractivity contribution in [3.05, 3.63) is 71.3 Å². The number of nitrogens with one attached hydrogen (secondary N) is 2. The molecule has 7 heteroatoms. The highest BCUT2D eigenvalue weighted by molar-refractivity contribution is 5.91. The number of hydrogen-bond acceptors (Lipinski definition) is 4. The van der Waals surface area contributed by atoms with Crippen molar-refractivity contribution in [3.8, 4) is 11.1 Å². The zero-order valence-electron chi connectivity index (χ0n) is 20.1. The molecule has 0 aliphatic heterocycles. The summed E-state index contributed by atoms with van der Waals surface area (Å²) in [4.78, 5) is 37.2. The Bertz CT molecular complexity index is 1060. The zero-order valence-corrected chi connectivity index (χ0v) is 20.1. The SMILES string of the molecule is CCC(C)(NC(=O)C(CC=C(C)C)NC(=O)OCC1c2ccccc2-c2ccccc21)C(=O)O. The van der Waals surface area contributed by atoms with Crippen LogP contribution in [0.1, 0.15) is 57.6 Å². The number of aliphatic carboxylic acids is 1. The van der Waals surface area contributed by atoms with Crippen molar-refractivity contribution in [2.75, 3.05) is 6.61 Å².